The van der Waals surface area contributed by atoms with Crippen molar-refractivity contribution in [3.05, 3.63) is 235 Å². The van der Waals surface area contributed by atoms with E-state index in [9.17, 15) is 0 Å². The molecule has 0 amide bonds. The Kier molecular flexibility index (Phi) is 7.69. The van der Waals surface area contributed by atoms with Crippen molar-refractivity contribution in [2.75, 3.05) is 0 Å². The molecule has 62 heavy (non-hydrogen) atoms. The molecule has 0 aliphatic heterocycles. The fraction of sp³-hybridized carbons (Fsp3) is 0.0172. The molecule has 1 spiro atoms. The highest BCUT2D eigenvalue weighted by Gasteiger charge is 2.51. The van der Waals surface area contributed by atoms with Gasteiger partial charge in [0.15, 0.2) is 17.5 Å². The molecule has 9 aromatic carbocycles. The number of hydrogen-bond donors (Lipinski definition) is 0. The third kappa shape index (κ3) is 5.14. The summed E-state index contributed by atoms with van der Waals surface area (Å²) in [5.41, 5.74) is 17.6. The second-order valence-corrected chi connectivity index (χ2v) is 17.3. The van der Waals surface area contributed by atoms with E-state index in [1.54, 1.807) is 0 Å². The summed E-state index contributed by atoms with van der Waals surface area (Å²) < 4.78 is 2.58. The van der Waals surface area contributed by atoms with E-state index in [-0.39, 0.29) is 5.41 Å². The fourth-order valence-electron chi connectivity index (χ4n) is 10.3. The van der Waals surface area contributed by atoms with Crippen LogP contribution in [0.15, 0.2) is 212 Å². The summed E-state index contributed by atoms with van der Waals surface area (Å²) in [5.74, 6) is 1.92. The largest absolute Gasteiger partial charge is 0.208 e. The average molecular weight is 806 g/mol. The van der Waals surface area contributed by atoms with Crippen molar-refractivity contribution in [1.82, 2.24) is 15.0 Å². The van der Waals surface area contributed by atoms with Crippen molar-refractivity contribution in [2.45, 2.75) is 5.41 Å². The van der Waals surface area contributed by atoms with Crippen molar-refractivity contribution in [1.29, 1.82) is 0 Å². The molecule has 0 saturated heterocycles. The molecule has 0 fully saturated rings. The first-order chi connectivity index (χ1) is 30.7. The zero-order valence-electron chi connectivity index (χ0n) is 33.5. The fourth-order valence-corrected chi connectivity index (χ4v) is 11.5. The lowest BCUT2D eigenvalue weighted by Crippen LogP contribution is -2.25. The summed E-state index contributed by atoms with van der Waals surface area (Å²) in [6.07, 6.45) is 0. The van der Waals surface area contributed by atoms with Gasteiger partial charge in [-0.05, 0) is 91.0 Å². The van der Waals surface area contributed by atoms with Gasteiger partial charge in [-0.1, -0.05) is 188 Å². The van der Waals surface area contributed by atoms with Gasteiger partial charge in [0.2, 0.25) is 0 Å². The third-order valence-electron chi connectivity index (χ3n) is 13.0. The molecule has 0 radical (unpaired) electrons. The molecule has 0 bridgehead atoms. The van der Waals surface area contributed by atoms with Crippen LogP contribution in [0.25, 0.3) is 98.8 Å². The molecule has 2 heterocycles. The van der Waals surface area contributed by atoms with Gasteiger partial charge < -0.3 is 0 Å². The average Bonchev–Trinajstić information content (AvgIpc) is 3.98. The molecule has 2 aliphatic carbocycles. The standard InChI is InChI=1S/C58H35N3S/c1-2-15-36(16-3-1)55-59-56(61-57(60-55)41-20-13-18-39(34-41)42-25-14-26-47-46-24-7-11-30-53(46)62-54(42)47)40-19-12-17-37(33-40)38-31-32-52-48(35-38)45-23-6-10-29-51(45)58(52)49-27-8-4-21-43(49)44-22-5-9-28-50(44)58/h1-35H. The number of benzene rings is 9. The summed E-state index contributed by atoms with van der Waals surface area (Å²) >= 11 is 1.85. The molecule has 11 aromatic rings. The maximum atomic E-state index is 5.22. The Labute approximate surface area is 363 Å². The highest BCUT2D eigenvalue weighted by molar-refractivity contribution is 7.26. The molecule has 288 valence electrons. The monoisotopic (exact) mass is 805 g/mol. The van der Waals surface area contributed by atoms with Crippen LogP contribution in [0.4, 0.5) is 0 Å². The summed E-state index contributed by atoms with van der Waals surface area (Å²) in [5, 5.41) is 2.57. The van der Waals surface area contributed by atoms with E-state index in [2.05, 4.69) is 194 Å². The van der Waals surface area contributed by atoms with Crippen LogP contribution < -0.4 is 0 Å². The highest BCUT2D eigenvalue weighted by atomic mass is 32.1. The van der Waals surface area contributed by atoms with Crippen LogP contribution in [0.5, 0.6) is 0 Å². The van der Waals surface area contributed by atoms with Crippen molar-refractivity contribution in [3.63, 3.8) is 0 Å². The molecular formula is C58H35N3S. The van der Waals surface area contributed by atoms with Gasteiger partial charge in [-0.15, -0.1) is 11.3 Å². The topological polar surface area (TPSA) is 38.7 Å². The molecule has 0 saturated carbocycles. The van der Waals surface area contributed by atoms with Gasteiger partial charge in [0.25, 0.3) is 0 Å². The second kappa shape index (κ2) is 13.6. The predicted molar refractivity (Wildman–Crippen MR) is 256 cm³/mol. The van der Waals surface area contributed by atoms with E-state index < -0.39 is 0 Å². The van der Waals surface area contributed by atoms with Crippen molar-refractivity contribution in [3.8, 4) is 78.7 Å². The molecule has 3 nitrogen and oxygen atoms in total. The molecule has 4 heteroatoms. The number of thiophene rings is 1. The van der Waals surface area contributed by atoms with Crippen LogP contribution >= 0.6 is 11.3 Å². The van der Waals surface area contributed by atoms with Crippen molar-refractivity contribution >= 4 is 31.5 Å². The first-order valence-electron chi connectivity index (χ1n) is 21.1. The Hall–Kier alpha value is -7.79. The molecule has 2 aliphatic rings. The van der Waals surface area contributed by atoms with Crippen LogP contribution in [0.1, 0.15) is 22.3 Å². The molecule has 13 rings (SSSR count). The predicted octanol–water partition coefficient (Wildman–Crippen LogP) is 14.9. The third-order valence-corrected chi connectivity index (χ3v) is 14.2. The quantitative estimate of drug-likeness (QED) is 0.174. The van der Waals surface area contributed by atoms with Gasteiger partial charge in [0, 0.05) is 36.9 Å². The number of aromatic nitrogens is 3. The van der Waals surface area contributed by atoms with Crippen LogP contribution in [-0.2, 0) is 5.41 Å². The number of nitrogens with zero attached hydrogens (tertiary/aromatic N) is 3. The zero-order chi connectivity index (χ0) is 40.8. The van der Waals surface area contributed by atoms with Crippen molar-refractivity contribution < 1.29 is 0 Å². The Morgan fingerprint density at radius 3 is 1.44 bits per heavy atom. The summed E-state index contributed by atoms with van der Waals surface area (Å²) in [4.78, 5) is 15.5. The first kappa shape index (κ1) is 35.0. The second-order valence-electron chi connectivity index (χ2n) is 16.3. The Bertz CT molecular complexity index is 3560. The molecular weight excluding hydrogens is 771 g/mol. The van der Waals surface area contributed by atoms with E-state index in [0.29, 0.717) is 17.5 Å². The van der Waals surface area contributed by atoms with Crippen LogP contribution in [-0.4, -0.2) is 15.0 Å². The molecule has 0 atom stereocenters. The Morgan fingerprint density at radius 1 is 0.290 bits per heavy atom. The molecule has 0 unspecified atom stereocenters. The zero-order valence-corrected chi connectivity index (χ0v) is 34.3. The Balaban J connectivity index is 0.934. The van der Waals surface area contributed by atoms with Gasteiger partial charge in [0.1, 0.15) is 0 Å². The maximum Gasteiger partial charge on any atom is 0.164 e. The van der Waals surface area contributed by atoms with Gasteiger partial charge in [-0.25, -0.2) is 15.0 Å². The van der Waals surface area contributed by atoms with Crippen LogP contribution in [0, 0.1) is 0 Å². The smallest absolute Gasteiger partial charge is 0.164 e. The number of hydrogen-bond acceptors (Lipinski definition) is 4. The lowest BCUT2D eigenvalue weighted by molar-refractivity contribution is 0.794. The van der Waals surface area contributed by atoms with E-state index in [1.165, 1.54) is 70.2 Å². The van der Waals surface area contributed by atoms with Gasteiger partial charge in [-0.3, -0.25) is 0 Å². The number of rotatable bonds is 5. The van der Waals surface area contributed by atoms with E-state index in [1.807, 2.05) is 29.5 Å². The maximum absolute atomic E-state index is 5.22. The Morgan fingerprint density at radius 2 is 0.742 bits per heavy atom. The summed E-state index contributed by atoms with van der Waals surface area (Å²) in [6.45, 7) is 0. The lowest BCUT2D eigenvalue weighted by Gasteiger charge is -2.30. The normalized spacial score (nSPS) is 13.0. The van der Waals surface area contributed by atoms with E-state index >= 15 is 0 Å². The van der Waals surface area contributed by atoms with Crippen LogP contribution in [0.3, 0.4) is 0 Å². The SMILES string of the molecule is c1ccc(-c2nc(-c3cccc(-c4ccc5c(c4)-c4ccccc4C54c5ccccc5-c5ccccc54)c3)nc(-c3cccc(-c4cccc5c4sc4ccccc45)c3)n2)cc1. The van der Waals surface area contributed by atoms with Crippen LogP contribution in [0.2, 0.25) is 0 Å². The van der Waals surface area contributed by atoms with Gasteiger partial charge in [-0.2, -0.15) is 0 Å². The lowest BCUT2D eigenvalue weighted by atomic mass is 9.70. The minimum absolute atomic E-state index is 0.365. The minimum Gasteiger partial charge on any atom is -0.208 e. The molecule has 2 aromatic heterocycles. The van der Waals surface area contributed by atoms with Gasteiger partial charge in [0.05, 0.1) is 5.41 Å². The summed E-state index contributed by atoms with van der Waals surface area (Å²) in [6, 6.07) is 76.7. The minimum atomic E-state index is -0.365. The van der Waals surface area contributed by atoms with Gasteiger partial charge >= 0.3 is 0 Å². The van der Waals surface area contributed by atoms with E-state index in [0.717, 1.165) is 33.4 Å². The van der Waals surface area contributed by atoms with E-state index in [4.69, 9.17) is 15.0 Å². The highest BCUT2D eigenvalue weighted by Crippen LogP contribution is 2.63. The first-order valence-corrected chi connectivity index (χ1v) is 21.9. The number of fused-ring (bicyclic) bond motifs is 13. The summed E-state index contributed by atoms with van der Waals surface area (Å²) in [7, 11) is 0. The van der Waals surface area contributed by atoms with Crippen molar-refractivity contribution in [2.24, 2.45) is 0 Å². The molecule has 0 N–H and O–H groups in total.